The van der Waals surface area contributed by atoms with Crippen LogP contribution >= 0.6 is 0 Å². The molecule has 0 bridgehead atoms. The van der Waals surface area contributed by atoms with Gasteiger partial charge in [-0.05, 0) is 50.7 Å². The number of terminal acetylenes is 1. The lowest BCUT2D eigenvalue weighted by Gasteiger charge is -2.29. The summed E-state index contributed by atoms with van der Waals surface area (Å²) in [5.74, 6) is 2.62. The summed E-state index contributed by atoms with van der Waals surface area (Å²) < 4.78 is 2.04. The van der Waals surface area contributed by atoms with Crippen molar-refractivity contribution < 1.29 is 4.79 Å². The highest BCUT2D eigenvalue weighted by Gasteiger charge is 2.18. The van der Waals surface area contributed by atoms with Crippen molar-refractivity contribution >= 4 is 6.03 Å². The molecule has 0 radical (unpaired) electrons. The molecular formula is C21H27N5O. The molecule has 0 spiro atoms. The molecule has 2 heterocycles. The molecule has 0 unspecified atom stereocenters. The lowest BCUT2D eigenvalue weighted by Crippen LogP contribution is -2.47. The molecule has 142 valence electrons. The Morgan fingerprint density at radius 2 is 2.04 bits per heavy atom. The van der Waals surface area contributed by atoms with Crippen LogP contribution in [-0.2, 0) is 13.0 Å². The van der Waals surface area contributed by atoms with Gasteiger partial charge in [-0.1, -0.05) is 18.1 Å². The van der Waals surface area contributed by atoms with E-state index in [4.69, 9.17) is 6.42 Å². The minimum Gasteiger partial charge on any atom is -0.338 e. The van der Waals surface area contributed by atoms with E-state index in [2.05, 4.69) is 33.5 Å². The molecule has 1 saturated heterocycles. The predicted molar refractivity (Wildman–Crippen MR) is 106 cm³/mol. The van der Waals surface area contributed by atoms with Crippen LogP contribution in [0.15, 0.2) is 36.8 Å². The fourth-order valence-electron chi connectivity index (χ4n) is 3.23. The van der Waals surface area contributed by atoms with Crippen molar-refractivity contribution in [3.05, 3.63) is 53.6 Å². The average molecular weight is 365 g/mol. The highest BCUT2D eigenvalue weighted by atomic mass is 16.2. The van der Waals surface area contributed by atoms with E-state index in [0.29, 0.717) is 13.0 Å². The third-order valence-corrected chi connectivity index (χ3v) is 4.89. The van der Waals surface area contributed by atoms with Gasteiger partial charge >= 0.3 is 6.03 Å². The Balaban J connectivity index is 1.39. The molecule has 6 nitrogen and oxygen atoms in total. The van der Waals surface area contributed by atoms with E-state index in [9.17, 15) is 4.79 Å². The van der Waals surface area contributed by atoms with E-state index in [1.165, 1.54) is 5.56 Å². The number of amides is 2. The lowest BCUT2D eigenvalue weighted by atomic mass is 10.1. The first-order valence-electron chi connectivity index (χ1n) is 9.41. The number of aromatic nitrogens is 2. The van der Waals surface area contributed by atoms with Crippen LogP contribution in [0, 0.1) is 12.3 Å². The molecule has 1 fully saturated rings. The van der Waals surface area contributed by atoms with Crippen molar-refractivity contribution in [2.24, 2.45) is 0 Å². The van der Waals surface area contributed by atoms with E-state index >= 15 is 0 Å². The van der Waals surface area contributed by atoms with Gasteiger partial charge in [-0.2, -0.15) is 0 Å². The van der Waals surface area contributed by atoms with Crippen LogP contribution < -0.4 is 10.6 Å². The van der Waals surface area contributed by atoms with Gasteiger partial charge in [0.1, 0.15) is 0 Å². The van der Waals surface area contributed by atoms with Gasteiger partial charge in [0.2, 0.25) is 0 Å². The second-order valence-electron chi connectivity index (χ2n) is 7.11. The van der Waals surface area contributed by atoms with Crippen LogP contribution in [-0.4, -0.2) is 53.2 Å². The second-order valence-corrected chi connectivity index (χ2v) is 7.11. The van der Waals surface area contributed by atoms with Gasteiger partial charge in [0, 0.05) is 37.3 Å². The summed E-state index contributed by atoms with van der Waals surface area (Å²) >= 11 is 0. The molecule has 1 aliphatic heterocycles. The molecule has 0 saturated carbocycles. The van der Waals surface area contributed by atoms with Crippen LogP contribution in [0.4, 0.5) is 4.79 Å². The van der Waals surface area contributed by atoms with Crippen molar-refractivity contribution in [2.75, 3.05) is 26.7 Å². The summed E-state index contributed by atoms with van der Waals surface area (Å²) in [6, 6.07) is 8.15. The van der Waals surface area contributed by atoms with E-state index in [-0.39, 0.29) is 12.1 Å². The van der Waals surface area contributed by atoms with Gasteiger partial charge in [-0.15, -0.1) is 6.42 Å². The van der Waals surface area contributed by atoms with Gasteiger partial charge in [0.05, 0.1) is 12.0 Å². The first-order valence-corrected chi connectivity index (χ1v) is 9.41. The Bertz CT molecular complexity index is 782. The lowest BCUT2D eigenvalue weighted by molar-refractivity contribution is 0.214. The number of piperidine rings is 1. The Labute approximate surface area is 161 Å². The largest absolute Gasteiger partial charge is 0.338 e. The summed E-state index contributed by atoms with van der Waals surface area (Å²) in [5, 5.41) is 5.99. The number of hydrogen-bond donors (Lipinski definition) is 2. The number of likely N-dealkylation sites (tertiary alicyclic amines) is 1. The number of carbonyl (C=O) groups is 1. The number of imidazole rings is 1. The van der Waals surface area contributed by atoms with Crippen LogP contribution in [0.2, 0.25) is 0 Å². The summed E-state index contributed by atoms with van der Waals surface area (Å²) in [7, 11) is 2.11. The normalized spacial score (nSPS) is 15.3. The number of rotatable bonds is 6. The molecule has 2 amide bonds. The highest BCUT2D eigenvalue weighted by molar-refractivity contribution is 5.74. The maximum absolute atomic E-state index is 12.0. The SMILES string of the molecule is C#Cc1ccc(Cn2cnc(CCNC(=O)NC3CCN(C)CC3)c2)cc1. The van der Waals surface area contributed by atoms with Crippen LogP contribution in [0.3, 0.4) is 0 Å². The molecule has 27 heavy (non-hydrogen) atoms. The number of carbonyl (C=O) groups excluding carboxylic acids is 1. The standard InChI is InChI=1S/C21H27N5O/c1-3-17-4-6-18(7-5-17)14-26-15-20(23-16-26)8-11-22-21(27)24-19-9-12-25(2)13-10-19/h1,4-7,15-16,19H,8-14H2,2H3,(H2,22,24,27). The van der Waals surface area contributed by atoms with Crippen molar-refractivity contribution in [3.8, 4) is 12.3 Å². The van der Waals surface area contributed by atoms with Gasteiger partial charge in [0.25, 0.3) is 0 Å². The summed E-state index contributed by atoms with van der Waals surface area (Å²) in [6.45, 7) is 3.40. The molecule has 1 aromatic carbocycles. The highest BCUT2D eigenvalue weighted by Crippen LogP contribution is 2.08. The van der Waals surface area contributed by atoms with Gasteiger partial charge in [-0.25, -0.2) is 9.78 Å². The number of urea groups is 1. The molecule has 6 heteroatoms. The van der Waals surface area contributed by atoms with Crippen molar-refractivity contribution in [1.29, 1.82) is 0 Å². The topological polar surface area (TPSA) is 62.2 Å². The number of nitrogens with zero attached hydrogens (tertiary/aromatic N) is 3. The second kappa shape index (κ2) is 9.24. The van der Waals surface area contributed by atoms with Gasteiger partial charge < -0.3 is 20.1 Å². The molecule has 0 atom stereocenters. The zero-order valence-electron chi connectivity index (χ0n) is 15.8. The maximum Gasteiger partial charge on any atom is 0.315 e. The van der Waals surface area contributed by atoms with Gasteiger partial charge in [0.15, 0.2) is 0 Å². The Kier molecular flexibility index (Phi) is 6.50. The summed E-state index contributed by atoms with van der Waals surface area (Å²) in [5.41, 5.74) is 3.03. The predicted octanol–water partition coefficient (Wildman–Crippen LogP) is 1.85. The van der Waals surface area contributed by atoms with Crippen LogP contribution in [0.25, 0.3) is 0 Å². The number of benzene rings is 1. The molecule has 1 aromatic heterocycles. The molecule has 1 aliphatic rings. The third-order valence-electron chi connectivity index (χ3n) is 4.89. The fourth-order valence-corrected chi connectivity index (χ4v) is 3.23. The minimum absolute atomic E-state index is 0.0856. The maximum atomic E-state index is 12.0. The van der Waals surface area contributed by atoms with E-state index < -0.39 is 0 Å². The summed E-state index contributed by atoms with van der Waals surface area (Å²) in [4.78, 5) is 18.7. The third kappa shape index (κ3) is 5.87. The monoisotopic (exact) mass is 365 g/mol. The number of nitrogens with one attached hydrogen (secondary N) is 2. The van der Waals surface area contributed by atoms with E-state index in [0.717, 1.165) is 43.7 Å². The quantitative estimate of drug-likeness (QED) is 0.768. The zero-order valence-corrected chi connectivity index (χ0v) is 15.8. The van der Waals surface area contributed by atoms with Gasteiger partial charge in [-0.3, -0.25) is 0 Å². The molecule has 0 aliphatic carbocycles. The Hall–Kier alpha value is -2.78. The number of hydrogen-bond acceptors (Lipinski definition) is 3. The Morgan fingerprint density at radius 3 is 2.74 bits per heavy atom. The average Bonchev–Trinajstić information content (AvgIpc) is 3.11. The van der Waals surface area contributed by atoms with E-state index in [1.807, 2.05) is 41.4 Å². The first kappa shape index (κ1) is 19.0. The molecule has 3 rings (SSSR count). The van der Waals surface area contributed by atoms with Crippen molar-refractivity contribution in [3.63, 3.8) is 0 Å². The fraction of sp³-hybridized carbons (Fsp3) is 0.429. The smallest absolute Gasteiger partial charge is 0.315 e. The van der Waals surface area contributed by atoms with Crippen molar-refractivity contribution in [1.82, 2.24) is 25.1 Å². The van der Waals surface area contributed by atoms with Crippen molar-refractivity contribution in [2.45, 2.75) is 31.8 Å². The zero-order chi connectivity index (χ0) is 19.1. The Morgan fingerprint density at radius 1 is 1.30 bits per heavy atom. The minimum atomic E-state index is -0.0856. The molecular weight excluding hydrogens is 338 g/mol. The van der Waals surface area contributed by atoms with E-state index in [1.54, 1.807) is 0 Å². The first-order chi connectivity index (χ1) is 13.1. The van der Waals surface area contributed by atoms with Crippen LogP contribution in [0.5, 0.6) is 0 Å². The molecule has 2 aromatic rings. The van der Waals surface area contributed by atoms with Crippen LogP contribution in [0.1, 0.15) is 29.7 Å². The summed E-state index contributed by atoms with van der Waals surface area (Å²) in [6.07, 6.45) is 12.0. The molecule has 2 N–H and O–H groups in total.